The molecule has 0 bridgehead atoms. The smallest absolute Gasteiger partial charge is 0.207 e. The first-order chi connectivity index (χ1) is 9.79. The number of halogens is 1. The third-order valence-electron chi connectivity index (χ3n) is 3.49. The molecule has 0 fully saturated rings. The molecule has 0 aliphatic rings. The average Bonchev–Trinajstić information content (AvgIpc) is 2.43. The van der Waals surface area contributed by atoms with Crippen molar-refractivity contribution < 1.29 is 12.8 Å². The van der Waals surface area contributed by atoms with Crippen LogP contribution in [-0.4, -0.2) is 8.42 Å². The van der Waals surface area contributed by atoms with Crippen molar-refractivity contribution >= 4 is 10.0 Å². The van der Waals surface area contributed by atoms with Gasteiger partial charge in [-0.15, -0.1) is 0 Å². The van der Waals surface area contributed by atoms with Gasteiger partial charge < -0.3 is 0 Å². The second-order valence-electron chi connectivity index (χ2n) is 5.15. The van der Waals surface area contributed by atoms with Crippen LogP contribution in [0.5, 0.6) is 0 Å². The van der Waals surface area contributed by atoms with E-state index < -0.39 is 10.0 Å². The Morgan fingerprint density at radius 1 is 0.952 bits per heavy atom. The molecule has 0 aromatic heterocycles. The summed E-state index contributed by atoms with van der Waals surface area (Å²) in [6.07, 6.45) is 0. The van der Waals surface area contributed by atoms with Gasteiger partial charge in [0.1, 0.15) is 5.82 Å². The van der Waals surface area contributed by atoms with E-state index in [9.17, 15) is 12.8 Å². The van der Waals surface area contributed by atoms with Crippen LogP contribution in [0.3, 0.4) is 0 Å². The molecule has 112 valence electrons. The second kappa shape index (κ2) is 5.95. The van der Waals surface area contributed by atoms with E-state index in [0.29, 0.717) is 11.1 Å². The van der Waals surface area contributed by atoms with Crippen LogP contribution in [0, 0.1) is 26.6 Å². The van der Waals surface area contributed by atoms with Crippen molar-refractivity contribution in [2.24, 2.45) is 0 Å². The topological polar surface area (TPSA) is 46.2 Å². The van der Waals surface area contributed by atoms with Gasteiger partial charge in [0.05, 0.1) is 4.90 Å². The van der Waals surface area contributed by atoms with Crippen LogP contribution in [0.2, 0.25) is 0 Å². The summed E-state index contributed by atoms with van der Waals surface area (Å²) >= 11 is 0. The van der Waals surface area contributed by atoms with E-state index in [2.05, 4.69) is 4.72 Å². The van der Waals surface area contributed by atoms with E-state index in [1.807, 2.05) is 13.8 Å². The lowest BCUT2D eigenvalue weighted by Gasteiger charge is -2.09. The molecule has 0 heterocycles. The number of rotatable bonds is 4. The average molecular weight is 307 g/mol. The number of nitrogens with one attached hydrogen (secondary N) is 1. The zero-order valence-corrected chi connectivity index (χ0v) is 13.1. The first-order valence-corrected chi connectivity index (χ1v) is 8.10. The second-order valence-corrected chi connectivity index (χ2v) is 6.92. The highest BCUT2D eigenvalue weighted by Gasteiger charge is 2.14. The predicted octanol–water partition coefficient (Wildman–Crippen LogP) is 3.23. The van der Waals surface area contributed by atoms with Crippen molar-refractivity contribution in [3.63, 3.8) is 0 Å². The van der Waals surface area contributed by atoms with Gasteiger partial charge in [0, 0.05) is 6.54 Å². The molecule has 0 aliphatic carbocycles. The summed E-state index contributed by atoms with van der Waals surface area (Å²) in [4.78, 5) is 0.221. The molecule has 0 saturated carbocycles. The van der Waals surface area contributed by atoms with Gasteiger partial charge in [0.25, 0.3) is 0 Å². The van der Waals surface area contributed by atoms with Gasteiger partial charge in [-0.05, 0) is 61.2 Å². The number of hydrogen-bond donors (Lipinski definition) is 1. The molecule has 0 atom stereocenters. The van der Waals surface area contributed by atoms with Gasteiger partial charge in [-0.25, -0.2) is 17.5 Å². The molecule has 2 aromatic carbocycles. The fourth-order valence-electron chi connectivity index (χ4n) is 1.89. The number of aryl methyl sites for hydroxylation is 3. The number of benzene rings is 2. The molecule has 0 spiro atoms. The lowest BCUT2D eigenvalue weighted by atomic mass is 10.1. The summed E-state index contributed by atoms with van der Waals surface area (Å²) in [5.74, 6) is -0.335. The van der Waals surface area contributed by atoms with Crippen LogP contribution in [0.25, 0.3) is 0 Å². The summed E-state index contributed by atoms with van der Waals surface area (Å²) < 4.78 is 40.4. The fraction of sp³-hybridized carbons (Fsp3) is 0.250. The largest absolute Gasteiger partial charge is 0.240 e. The van der Waals surface area contributed by atoms with Crippen LogP contribution in [-0.2, 0) is 16.6 Å². The maximum Gasteiger partial charge on any atom is 0.240 e. The van der Waals surface area contributed by atoms with Crippen LogP contribution < -0.4 is 4.72 Å². The Hall–Kier alpha value is -1.72. The molecule has 5 heteroatoms. The molecule has 2 aromatic rings. The Morgan fingerprint density at radius 3 is 2.24 bits per heavy atom. The quantitative estimate of drug-likeness (QED) is 0.942. The minimum absolute atomic E-state index is 0.0620. The number of hydrogen-bond acceptors (Lipinski definition) is 2. The van der Waals surface area contributed by atoms with E-state index in [1.165, 1.54) is 6.07 Å². The van der Waals surface area contributed by atoms with E-state index in [4.69, 9.17) is 0 Å². The molecule has 0 aliphatic heterocycles. The van der Waals surface area contributed by atoms with E-state index in [1.54, 1.807) is 37.3 Å². The standard InChI is InChI=1S/C16H18FNO2S/c1-11-5-7-15(8-13(11)3)21(19,20)18-10-14-6-4-12(2)16(17)9-14/h4-9,18H,10H2,1-3H3. The monoisotopic (exact) mass is 307 g/mol. The van der Waals surface area contributed by atoms with Gasteiger partial charge >= 0.3 is 0 Å². The molecule has 0 radical (unpaired) electrons. The van der Waals surface area contributed by atoms with E-state index in [0.717, 1.165) is 11.1 Å². The van der Waals surface area contributed by atoms with E-state index in [-0.39, 0.29) is 17.3 Å². The molecule has 3 nitrogen and oxygen atoms in total. The summed E-state index contributed by atoms with van der Waals surface area (Å²) in [6, 6.07) is 9.66. The zero-order chi connectivity index (χ0) is 15.6. The van der Waals surface area contributed by atoms with Crippen molar-refractivity contribution in [1.29, 1.82) is 0 Å². The van der Waals surface area contributed by atoms with Crippen LogP contribution in [0.4, 0.5) is 4.39 Å². The van der Waals surface area contributed by atoms with Crippen LogP contribution in [0.1, 0.15) is 22.3 Å². The molecule has 0 amide bonds. The Morgan fingerprint density at radius 2 is 1.62 bits per heavy atom. The van der Waals surface area contributed by atoms with Crippen molar-refractivity contribution in [3.8, 4) is 0 Å². The highest BCUT2D eigenvalue weighted by atomic mass is 32.2. The minimum Gasteiger partial charge on any atom is -0.207 e. The lowest BCUT2D eigenvalue weighted by Crippen LogP contribution is -2.23. The highest BCUT2D eigenvalue weighted by molar-refractivity contribution is 7.89. The van der Waals surface area contributed by atoms with Crippen LogP contribution >= 0.6 is 0 Å². The molecule has 21 heavy (non-hydrogen) atoms. The molecular weight excluding hydrogens is 289 g/mol. The molecule has 0 unspecified atom stereocenters. The SMILES string of the molecule is Cc1ccc(S(=O)(=O)NCc2ccc(C)c(F)c2)cc1C. The third-order valence-corrected chi connectivity index (χ3v) is 4.89. The highest BCUT2D eigenvalue weighted by Crippen LogP contribution is 2.15. The Balaban J connectivity index is 2.17. The molecule has 1 N–H and O–H groups in total. The van der Waals surface area contributed by atoms with Gasteiger partial charge in [-0.1, -0.05) is 18.2 Å². The summed E-state index contributed by atoms with van der Waals surface area (Å²) in [5, 5.41) is 0. The van der Waals surface area contributed by atoms with Crippen molar-refractivity contribution in [2.75, 3.05) is 0 Å². The van der Waals surface area contributed by atoms with Crippen molar-refractivity contribution in [3.05, 3.63) is 64.5 Å². The third kappa shape index (κ3) is 3.68. The minimum atomic E-state index is -3.59. The van der Waals surface area contributed by atoms with Crippen LogP contribution in [0.15, 0.2) is 41.3 Å². The summed E-state index contributed by atoms with van der Waals surface area (Å²) in [7, 11) is -3.59. The molecule has 2 rings (SSSR count). The molecular formula is C16H18FNO2S. The Labute approximate surface area is 124 Å². The van der Waals surface area contributed by atoms with Gasteiger partial charge in [-0.3, -0.25) is 0 Å². The normalized spacial score (nSPS) is 11.6. The van der Waals surface area contributed by atoms with Crippen molar-refractivity contribution in [1.82, 2.24) is 4.72 Å². The maximum absolute atomic E-state index is 13.4. The summed E-state index contributed by atoms with van der Waals surface area (Å²) in [5.41, 5.74) is 3.08. The molecule has 0 saturated heterocycles. The Kier molecular flexibility index (Phi) is 4.44. The van der Waals surface area contributed by atoms with E-state index >= 15 is 0 Å². The number of sulfonamides is 1. The zero-order valence-electron chi connectivity index (χ0n) is 12.3. The van der Waals surface area contributed by atoms with Gasteiger partial charge in [0.15, 0.2) is 0 Å². The lowest BCUT2D eigenvalue weighted by molar-refractivity contribution is 0.580. The first-order valence-electron chi connectivity index (χ1n) is 6.61. The fourth-order valence-corrected chi connectivity index (χ4v) is 2.99. The van der Waals surface area contributed by atoms with Gasteiger partial charge in [-0.2, -0.15) is 0 Å². The first kappa shape index (κ1) is 15.7. The maximum atomic E-state index is 13.4. The predicted molar refractivity (Wildman–Crippen MR) is 81.1 cm³/mol. The van der Waals surface area contributed by atoms with Gasteiger partial charge in [0.2, 0.25) is 10.0 Å². The summed E-state index contributed by atoms with van der Waals surface area (Å²) in [6.45, 7) is 5.52. The van der Waals surface area contributed by atoms with Crippen molar-refractivity contribution in [2.45, 2.75) is 32.2 Å². The Bertz CT molecular complexity index is 770.